The Morgan fingerprint density at radius 1 is 1.25 bits per heavy atom. The molecule has 0 amide bonds. The minimum Gasteiger partial charge on any atom is -0.326 e. The van der Waals surface area contributed by atoms with E-state index in [0.29, 0.717) is 6.54 Å². The van der Waals surface area contributed by atoms with Crippen LogP contribution in [0.25, 0.3) is 21.7 Å². The van der Waals surface area contributed by atoms with Crippen molar-refractivity contribution in [2.24, 2.45) is 5.73 Å². The molecule has 0 aliphatic heterocycles. The van der Waals surface area contributed by atoms with E-state index in [-0.39, 0.29) is 5.54 Å². The third kappa shape index (κ3) is 2.15. The second-order valence-electron chi connectivity index (χ2n) is 5.95. The summed E-state index contributed by atoms with van der Waals surface area (Å²) in [6.07, 6.45) is 0. The molecule has 0 aliphatic rings. The Balaban J connectivity index is 2.33. The molecule has 0 aliphatic carbocycles. The lowest BCUT2D eigenvalue weighted by Crippen LogP contribution is -2.22. The number of benzene rings is 1. The van der Waals surface area contributed by atoms with E-state index in [9.17, 15) is 0 Å². The molecular formula is C16H19N3S. The summed E-state index contributed by atoms with van der Waals surface area (Å²) in [5.74, 6) is 1.04. The van der Waals surface area contributed by atoms with Gasteiger partial charge in [-0.1, -0.05) is 12.1 Å². The number of rotatable bonds is 2. The fourth-order valence-corrected chi connectivity index (χ4v) is 3.21. The van der Waals surface area contributed by atoms with Crippen molar-refractivity contribution in [2.75, 3.05) is 0 Å². The van der Waals surface area contributed by atoms with E-state index in [1.54, 1.807) is 11.3 Å². The molecule has 0 spiro atoms. The Kier molecular flexibility index (Phi) is 3.15. The molecule has 3 aromatic rings. The number of aromatic nitrogens is 2. The van der Waals surface area contributed by atoms with Gasteiger partial charge in [-0.2, -0.15) is 0 Å². The number of imidazole rings is 1. The summed E-state index contributed by atoms with van der Waals surface area (Å²) < 4.78 is 2.31. The molecule has 1 aromatic carbocycles. The summed E-state index contributed by atoms with van der Waals surface area (Å²) in [7, 11) is 0. The Morgan fingerprint density at radius 3 is 2.65 bits per heavy atom. The van der Waals surface area contributed by atoms with Crippen LogP contribution in [-0.2, 0) is 12.1 Å². The second kappa shape index (κ2) is 4.72. The quantitative estimate of drug-likeness (QED) is 0.774. The van der Waals surface area contributed by atoms with Crippen LogP contribution in [0.4, 0.5) is 0 Å². The number of fused-ring (bicyclic) bond motifs is 1. The van der Waals surface area contributed by atoms with Gasteiger partial charge in [0.2, 0.25) is 0 Å². The lowest BCUT2D eigenvalue weighted by molar-refractivity contribution is 0.413. The highest BCUT2D eigenvalue weighted by atomic mass is 32.1. The third-order valence-corrected chi connectivity index (χ3v) is 4.23. The van der Waals surface area contributed by atoms with Gasteiger partial charge in [0.1, 0.15) is 0 Å². The molecular weight excluding hydrogens is 266 g/mol. The van der Waals surface area contributed by atoms with E-state index in [4.69, 9.17) is 10.7 Å². The molecule has 2 N–H and O–H groups in total. The van der Waals surface area contributed by atoms with Crippen molar-refractivity contribution in [1.82, 2.24) is 9.55 Å². The van der Waals surface area contributed by atoms with E-state index in [1.807, 2.05) is 0 Å². The summed E-state index contributed by atoms with van der Waals surface area (Å²) in [6.45, 7) is 7.18. The zero-order valence-electron chi connectivity index (χ0n) is 12.1. The summed E-state index contributed by atoms with van der Waals surface area (Å²) in [5, 5.41) is 2.09. The van der Waals surface area contributed by atoms with Gasteiger partial charge in [-0.3, -0.25) is 0 Å². The topological polar surface area (TPSA) is 43.8 Å². The molecule has 0 atom stereocenters. The Labute approximate surface area is 123 Å². The monoisotopic (exact) mass is 285 g/mol. The fraction of sp³-hybridized carbons (Fsp3) is 0.312. The lowest BCUT2D eigenvalue weighted by atomic mass is 10.1. The summed E-state index contributed by atoms with van der Waals surface area (Å²) in [6, 6.07) is 10.5. The lowest BCUT2D eigenvalue weighted by Gasteiger charge is -2.24. The molecule has 0 radical (unpaired) electrons. The van der Waals surface area contributed by atoms with Crippen molar-refractivity contribution in [3.8, 4) is 10.7 Å². The van der Waals surface area contributed by atoms with E-state index < -0.39 is 0 Å². The van der Waals surface area contributed by atoms with Crippen molar-refractivity contribution in [3.05, 3.63) is 41.3 Å². The van der Waals surface area contributed by atoms with Crippen molar-refractivity contribution in [3.63, 3.8) is 0 Å². The highest BCUT2D eigenvalue weighted by Crippen LogP contribution is 2.33. The molecule has 0 bridgehead atoms. The predicted molar refractivity (Wildman–Crippen MR) is 85.9 cm³/mol. The van der Waals surface area contributed by atoms with E-state index >= 15 is 0 Å². The molecule has 3 rings (SSSR count). The Bertz CT molecular complexity index is 733. The fourth-order valence-electron chi connectivity index (χ4n) is 2.50. The number of nitrogens with two attached hydrogens (primary N) is 1. The molecule has 20 heavy (non-hydrogen) atoms. The largest absolute Gasteiger partial charge is 0.326 e. The first kappa shape index (κ1) is 13.3. The number of hydrogen-bond donors (Lipinski definition) is 1. The third-order valence-electron chi connectivity index (χ3n) is 3.37. The van der Waals surface area contributed by atoms with Gasteiger partial charge in [-0.15, -0.1) is 11.3 Å². The van der Waals surface area contributed by atoms with Gasteiger partial charge in [0, 0.05) is 12.1 Å². The van der Waals surface area contributed by atoms with Crippen LogP contribution >= 0.6 is 11.3 Å². The smallest absolute Gasteiger partial charge is 0.151 e. The van der Waals surface area contributed by atoms with E-state index in [0.717, 1.165) is 22.4 Å². The summed E-state index contributed by atoms with van der Waals surface area (Å²) in [5.41, 5.74) is 9.02. The molecule has 2 aromatic heterocycles. The van der Waals surface area contributed by atoms with Crippen molar-refractivity contribution >= 4 is 22.4 Å². The van der Waals surface area contributed by atoms with Crippen LogP contribution in [0, 0.1) is 0 Å². The van der Waals surface area contributed by atoms with Gasteiger partial charge in [0.25, 0.3) is 0 Å². The normalized spacial score (nSPS) is 12.2. The minimum atomic E-state index is -0.0156. The Hall–Kier alpha value is -1.65. The van der Waals surface area contributed by atoms with Crippen molar-refractivity contribution in [1.29, 1.82) is 0 Å². The Morgan fingerprint density at radius 2 is 2.05 bits per heavy atom. The van der Waals surface area contributed by atoms with Gasteiger partial charge in [0.05, 0.1) is 15.9 Å². The summed E-state index contributed by atoms with van der Waals surface area (Å²) >= 11 is 1.72. The van der Waals surface area contributed by atoms with E-state index in [2.05, 4.69) is 61.1 Å². The van der Waals surface area contributed by atoms with Crippen LogP contribution in [0.1, 0.15) is 26.3 Å². The van der Waals surface area contributed by atoms with Gasteiger partial charge in [-0.25, -0.2) is 4.98 Å². The summed E-state index contributed by atoms with van der Waals surface area (Å²) in [4.78, 5) is 6.05. The van der Waals surface area contributed by atoms with Crippen LogP contribution in [-0.4, -0.2) is 9.55 Å². The highest BCUT2D eigenvalue weighted by molar-refractivity contribution is 7.13. The van der Waals surface area contributed by atoms with Crippen LogP contribution < -0.4 is 5.73 Å². The molecule has 0 fully saturated rings. The van der Waals surface area contributed by atoms with Crippen molar-refractivity contribution < 1.29 is 0 Å². The molecule has 3 nitrogen and oxygen atoms in total. The van der Waals surface area contributed by atoms with Gasteiger partial charge < -0.3 is 10.3 Å². The minimum absolute atomic E-state index is 0.0156. The molecule has 4 heteroatoms. The van der Waals surface area contributed by atoms with Crippen LogP contribution in [0.2, 0.25) is 0 Å². The van der Waals surface area contributed by atoms with Gasteiger partial charge in [-0.05, 0) is 49.9 Å². The van der Waals surface area contributed by atoms with Gasteiger partial charge >= 0.3 is 0 Å². The van der Waals surface area contributed by atoms with Crippen molar-refractivity contribution in [2.45, 2.75) is 32.9 Å². The maximum absolute atomic E-state index is 5.73. The molecule has 104 valence electrons. The maximum atomic E-state index is 5.73. The van der Waals surface area contributed by atoms with Crippen LogP contribution in [0.3, 0.4) is 0 Å². The molecule has 0 saturated carbocycles. The number of hydrogen-bond acceptors (Lipinski definition) is 3. The molecule has 0 unspecified atom stereocenters. The van der Waals surface area contributed by atoms with E-state index in [1.165, 1.54) is 4.88 Å². The first-order chi connectivity index (χ1) is 9.50. The maximum Gasteiger partial charge on any atom is 0.151 e. The second-order valence-corrected chi connectivity index (χ2v) is 6.89. The average Bonchev–Trinajstić information content (AvgIpc) is 3.03. The standard InChI is InChI=1S/C16H19N3S/c1-16(2,3)19-13-7-6-11(10-17)9-12(13)18-15(19)14-5-4-8-20-14/h4-9H,10,17H2,1-3H3. The highest BCUT2D eigenvalue weighted by Gasteiger charge is 2.22. The zero-order chi connectivity index (χ0) is 14.3. The van der Waals surface area contributed by atoms with Crippen LogP contribution in [0.15, 0.2) is 35.7 Å². The predicted octanol–water partition coefficient (Wildman–Crippen LogP) is 3.98. The zero-order valence-corrected chi connectivity index (χ0v) is 12.9. The van der Waals surface area contributed by atoms with Crippen LogP contribution in [0.5, 0.6) is 0 Å². The molecule has 2 heterocycles. The SMILES string of the molecule is CC(C)(C)n1c(-c2cccs2)nc2cc(CN)ccc21. The molecule has 0 saturated heterocycles. The number of nitrogens with zero attached hydrogens (tertiary/aromatic N) is 2. The first-order valence-electron chi connectivity index (χ1n) is 6.76. The first-order valence-corrected chi connectivity index (χ1v) is 7.64. The number of thiophene rings is 1. The van der Waals surface area contributed by atoms with Gasteiger partial charge in [0.15, 0.2) is 5.82 Å². The average molecular weight is 285 g/mol.